The minimum absolute atomic E-state index is 0.0734. The standard InChI is InChI=1S/C10H8Cl2N2O6/c11-4-7(5-12)20-10(15)8-2-1-6(13(16)17)3-9(8)14(18)19/h1-3,7H,4-5H2. The van der Waals surface area contributed by atoms with E-state index in [0.717, 1.165) is 12.1 Å². The molecule has 0 amide bonds. The molecule has 10 heteroatoms. The van der Waals surface area contributed by atoms with Crippen LogP contribution in [0.1, 0.15) is 10.4 Å². The van der Waals surface area contributed by atoms with Crippen molar-refractivity contribution in [1.29, 1.82) is 0 Å². The molecule has 0 aromatic heterocycles. The number of hydrogen-bond acceptors (Lipinski definition) is 6. The van der Waals surface area contributed by atoms with Crippen molar-refractivity contribution in [3.05, 3.63) is 44.0 Å². The largest absolute Gasteiger partial charge is 0.456 e. The summed E-state index contributed by atoms with van der Waals surface area (Å²) in [6.45, 7) is 0. The van der Waals surface area contributed by atoms with Crippen molar-refractivity contribution in [3.63, 3.8) is 0 Å². The average molecular weight is 323 g/mol. The molecule has 0 bridgehead atoms. The summed E-state index contributed by atoms with van der Waals surface area (Å²) in [7, 11) is 0. The van der Waals surface area contributed by atoms with E-state index in [1.54, 1.807) is 0 Å². The molecule has 0 atom stereocenters. The molecule has 1 rings (SSSR count). The Morgan fingerprint density at radius 2 is 1.80 bits per heavy atom. The molecule has 1 aromatic carbocycles. The quantitative estimate of drug-likeness (QED) is 0.344. The number of esters is 1. The number of carbonyl (C=O) groups excluding carboxylic acids is 1. The highest BCUT2D eigenvalue weighted by molar-refractivity contribution is 6.21. The smallest absolute Gasteiger partial charge is 0.345 e. The summed E-state index contributed by atoms with van der Waals surface area (Å²) < 4.78 is 4.85. The second-order valence-corrected chi connectivity index (χ2v) is 4.17. The van der Waals surface area contributed by atoms with Gasteiger partial charge in [-0.3, -0.25) is 20.2 Å². The summed E-state index contributed by atoms with van der Waals surface area (Å²) in [6.07, 6.45) is -0.805. The predicted octanol–water partition coefficient (Wildman–Crippen LogP) is 2.51. The van der Waals surface area contributed by atoms with Crippen LogP contribution in [-0.4, -0.2) is 33.7 Å². The van der Waals surface area contributed by atoms with E-state index in [0.29, 0.717) is 6.07 Å². The summed E-state index contributed by atoms with van der Waals surface area (Å²) in [4.78, 5) is 31.5. The van der Waals surface area contributed by atoms with Crippen LogP contribution in [0, 0.1) is 20.2 Å². The van der Waals surface area contributed by atoms with E-state index >= 15 is 0 Å². The van der Waals surface area contributed by atoms with Gasteiger partial charge in [-0.05, 0) is 6.07 Å². The Morgan fingerprint density at radius 1 is 1.20 bits per heavy atom. The molecule has 0 N–H and O–H groups in total. The first kappa shape index (κ1) is 16.1. The van der Waals surface area contributed by atoms with Gasteiger partial charge < -0.3 is 4.74 Å². The zero-order chi connectivity index (χ0) is 15.3. The third kappa shape index (κ3) is 3.78. The summed E-state index contributed by atoms with van der Waals surface area (Å²) in [5.74, 6) is -1.16. The molecule has 108 valence electrons. The Kier molecular flexibility index (Phi) is 5.66. The number of nitrogens with zero attached hydrogens (tertiary/aromatic N) is 2. The van der Waals surface area contributed by atoms with Crippen molar-refractivity contribution in [2.75, 3.05) is 11.8 Å². The number of hydrogen-bond donors (Lipinski definition) is 0. The molecule has 8 nitrogen and oxygen atoms in total. The van der Waals surface area contributed by atoms with Gasteiger partial charge in [0.1, 0.15) is 11.7 Å². The molecule has 0 aliphatic carbocycles. The van der Waals surface area contributed by atoms with E-state index in [1.807, 2.05) is 0 Å². The van der Waals surface area contributed by atoms with Crippen LogP contribution in [0.15, 0.2) is 18.2 Å². The van der Waals surface area contributed by atoms with Crippen molar-refractivity contribution in [3.8, 4) is 0 Å². The SMILES string of the molecule is O=C(OC(CCl)CCl)c1ccc([N+](=O)[O-])cc1[N+](=O)[O-]. The number of nitro benzene ring substituents is 2. The summed E-state index contributed by atoms with van der Waals surface area (Å²) in [5.41, 5.74) is -1.62. The molecule has 0 aliphatic heterocycles. The Labute approximate surface area is 122 Å². The molecule has 0 radical (unpaired) electrons. The average Bonchev–Trinajstić information content (AvgIpc) is 2.43. The lowest BCUT2D eigenvalue weighted by molar-refractivity contribution is -0.394. The minimum Gasteiger partial charge on any atom is -0.456 e. The van der Waals surface area contributed by atoms with Crippen LogP contribution in [0.25, 0.3) is 0 Å². The fourth-order valence-corrected chi connectivity index (χ4v) is 1.73. The second-order valence-electron chi connectivity index (χ2n) is 3.55. The molecule has 0 unspecified atom stereocenters. The van der Waals surface area contributed by atoms with Gasteiger partial charge >= 0.3 is 5.97 Å². The summed E-state index contributed by atoms with van der Waals surface area (Å²) in [6, 6.07) is 2.62. The zero-order valence-corrected chi connectivity index (χ0v) is 11.3. The first-order valence-corrected chi connectivity index (χ1v) is 6.23. The van der Waals surface area contributed by atoms with E-state index in [-0.39, 0.29) is 11.8 Å². The topological polar surface area (TPSA) is 113 Å². The number of non-ortho nitro benzene ring substituents is 1. The molecule has 1 aromatic rings. The van der Waals surface area contributed by atoms with Crippen LogP contribution in [0.4, 0.5) is 11.4 Å². The number of carbonyl (C=O) groups is 1. The van der Waals surface area contributed by atoms with E-state index in [1.165, 1.54) is 0 Å². The second kappa shape index (κ2) is 7.01. The maximum absolute atomic E-state index is 11.8. The number of nitro groups is 2. The molecule has 0 heterocycles. The van der Waals surface area contributed by atoms with Crippen LogP contribution < -0.4 is 0 Å². The van der Waals surface area contributed by atoms with Crippen molar-refractivity contribution in [2.24, 2.45) is 0 Å². The molecule has 20 heavy (non-hydrogen) atoms. The van der Waals surface area contributed by atoms with Crippen LogP contribution in [0.3, 0.4) is 0 Å². The van der Waals surface area contributed by atoms with Crippen LogP contribution in [0.5, 0.6) is 0 Å². The fraction of sp³-hybridized carbons (Fsp3) is 0.300. The van der Waals surface area contributed by atoms with Crippen molar-refractivity contribution >= 4 is 40.5 Å². The van der Waals surface area contributed by atoms with Crippen LogP contribution in [-0.2, 0) is 4.74 Å². The van der Waals surface area contributed by atoms with Crippen LogP contribution >= 0.6 is 23.2 Å². The van der Waals surface area contributed by atoms with Gasteiger partial charge in [0.2, 0.25) is 0 Å². The molecular weight excluding hydrogens is 315 g/mol. The normalized spacial score (nSPS) is 10.3. The molecule has 0 fully saturated rings. The number of alkyl halides is 2. The van der Waals surface area contributed by atoms with Gasteiger partial charge in [0, 0.05) is 6.07 Å². The minimum atomic E-state index is -1.02. The zero-order valence-electron chi connectivity index (χ0n) is 9.82. The fourth-order valence-electron chi connectivity index (χ4n) is 1.28. The summed E-state index contributed by atoms with van der Waals surface area (Å²) >= 11 is 11.0. The van der Waals surface area contributed by atoms with E-state index < -0.39 is 38.9 Å². The lowest BCUT2D eigenvalue weighted by atomic mass is 10.1. The Bertz CT molecular complexity index is 547. The van der Waals surface area contributed by atoms with Gasteiger partial charge in [-0.2, -0.15) is 0 Å². The number of halogens is 2. The Balaban J connectivity index is 3.14. The van der Waals surface area contributed by atoms with Crippen LogP contribution in [0.2, 0.25) is 0 Å². The van der Waals surface area contributed by atoms with Crippen molar-refractivity contribution in [1.82, 2.24) is 0 Å². The Morgan fingerprint density at radius 3 is 2.25 bits per heavy atom. The number of benzene rings is 1. The maximum atomic E-state index is 11.8. The Hall–Kier alpha value is -1.93. The van der Waals surface area contributed by atoms with Gasteiger partial charge in [-0.25, -0.2) is 4.79 Å². The van der Waals surface area contributed by atoms with Crippen molar-refractivity contribution < 1.29 is 19.4 Å². The molecule has 0 saturated carbocycles. The van der Waals surface area contributed by atoms with Gasteiger partial charge in [-0.15, -0.1) is 23.2 Å². The van der Waals surface area contributed by atoms with Crippen molar-refractivity contribution in [2.45, 2.75) is 6.10 Å². The molecular formula is C10H8Cl2N2O6. The number of ether oxygens (including phenoxy) is 1. The highest BCUT2D eigenvalue weighted by Gasteiger charge is 2.26. The predicted molar refractivity (Wildman–Crippen MR) is 70.4 cm³/mol. The van der Waals surface area contributed by atoms with Gasteiger partial charge in [-0.1, -0.05) is 0 Å². The lowest BCUT2D eigenvalue weighted by Crippen LogP contribution is -2.22. The third-order valence-corrected chi connectivity index (χ3v) is 2.92. The monoisotopic (exact) mass is 322 g/mol. The first-order valence-electron chi connectivity index (χ1n) is 5.16. The first-order chi connectivity index (χ1) is 9.40. The number of rotatable bonds is 6. The highest BCUT2D eigenvalue weighted by Crippen LogP contribution is 2.25. The molecule has 0 aliphatic rings. The highest BCUT2D eigenvalue weighted by atomic mass is 35.5. The molecule has 0 saturated heterocycles. The third-order valence-electron chi connectivity index (χ3n) is 2.23. The molecule has 0 spiro atoms. The van der Waals surface area contributed by atoms with E-state index in [2.05, 4.69) is 0 Å². The lowest BCUT2D eigenvalue weighted by Gasteiger charge is -2.11. The van der Waals surface area contributed by atoms with E-state index in [4.69, 9.17) is 27.9 Å². The summed E-state index contributed by atoms with van der Waals surface area (Å²) in [5, 5.41) is 21.4. The van der Waals surface area contributed by atoms with Gasteiger partial charge in [0.05, 0.1) is 27.7 Å². The van der Waals surface area contributed by atoms with Gasteiger partial charge in [0.25, 0.3) is 11.4 Å². The maximum Gasteiger partial charge on any atom is 0.345 e. The van der Waals surface area contributed by atoms with Gasteiger partial charge in [0.15, 0.2) is 0 Å². The van der Waals surface area contributed by atoms with E-state index in [9.17, 15) is 25.0 Å².